The molecule has 2 aliphatic rings. The summed E-state index contributed by atoms with van der Waals surface area (Å²) in [7, 11) is 2.11. The SMILES string of the molecule is CN1CCC(Nc2c([N+](=O)[O-])ccc3c2CCN3)CC1. The first-order chi connectivity index (χ1) is 9.65. The van der Waals surface area contributed by atoms with Gasteiger partial charge in [0.15, 0.2) is 0 Å². The van der Waals surface area contributed by atoms with Crippen LogP contribution in [0.3, 0.4) is 0 Å². The van der Waals surface area contributed by atoms with E-state index in [1.807, 2.05) is 6.07 Å². The molecule has 2 aliphatic heterocycles. The van der Waals surface area contributed by atoms with E-state index in [-0.39, 0.29) is 10.6 Å². The Morgan fingerprint density at radius 2 is 2.15 bits per heavy atom. The number of hydrogen-bond donors (Lipinski definition) is 2. The van der Waals surface area contributed by atoms with E-state index in [9.17, 15) is 10.1 Å². The summed E-state index contributed by atoms with van der Waals surface area (Å²) in [5.74, 6) is 0. The Morgan fingerprint density at radius 3 is 2.85 bits per heavy atom. The number of hydrogen-bond acceptors (Lipinski definition) is 5. The van der Waals surface area contributed by atoms with Gasteiger partial charge in [-0.2, -0.15) is 0 Å². The van der Waals surface area contributed by atoms with Crippen molar-refractivity contribution < 1.29 is 4.92 Å². The van der Waals surface area contributed by atoms with Gasteiger partial charge in [0.2, 0.25) is 0 Å². The fourth-order valence-electron chi connectivity index (χ4n) is 3.05. The number of fused-ring (bicyclic) bond motifs is 1. The second-order valence-corrected chi connectivity index (χ2v) is 5.64. The standard InChI is InChI=1S/C14H20N4O2/c1-17-8-5-10(6-9-17)16-14-11-4-7-15-12(11)2-3-13(14)18(19)20/h2-3,10,15-16H,4-9H2,1H3. The molecule has 6 nitrogen and oxygen atoms in total. The number of anilines is 2. The van der Waals surface area contributed by atoms with E-state index < -0.39 is 0 Å². The molecule has 6 heteroatoms. The lowest BCUT2D eigenvalue weighted by atomic mass is 10.0. The molecule has 108 valence electrons. The largest absolute Gasteiger partial charge is 0.384 e. The molecular formula is C14H20N4O2. The minimum absolute atomic E-state index is 0.200. The van der Waals surface area contributed by atoms with Crippen LogP contribution in [0, 0.1) is 10.1 Å². The van der Waals surface area contributed by atoms with Gasteiger partial charge in [0.25, 0.3) is 5.69 Å². The Labute approximate surface area is 118 Å². The molecular weight excluding hydrogens is 256 g/mol. The summed E-state index contributed by atoms with van der Waals surface area (Å²) in [5.41, 5.74) is 3.03. The van der Waals surface area contributed by atoms with Crippen LogP contribution in [0.5, 0.6) is 0 Å². The Morgan fingerprint density at radius 1 is 1.40 bits per heavy atom. The van der Waals surface area contributed by atoms with Crippen LogP contribution in [0.4, 0.5) is 17.1 Å². The van der Waals surface area contributed by atoms with Gasteiger partial charge in [0.1, 0.15) is 5.69 Å². The van der Waals surface area contributed by atoms with Crippen molar-refractivity contribution in [1.82, 2.24) is 4.90 Å². The lowest BCUT2D eigenvalue weighted by Gasteiger charge is -2.30. The van der Waals surface area contributed by atoms with Gasteiger partial charge in [0, 0.05) is 29.9 Å². The molecule has 1 saturated heterocycles. The van der Waals surface area contributed by atoms with E-state index in [4.69, 9.17) is 0 Å². The molecule has 0 aromatic heterocycles. The average molecular weight is 276 g/mol. The number of likely N-dealkylation sites (tertiary alicyclic amines) is 1. The summed E-state index contributed by atoms with van der Waals surface area (Å²) in [6.07, 6.45) is 2.92. The zero-order valence-electron chi connectivity index (χ0n) is 11.7. The van der Waals surface area contributed by atoms with E-state index >= 15 is 0 Å². The summed E-state index contributed by atoms with van der Waals surface area (Å²) in [6.45, 7) is 2.94. The zero-order chi connectivity index (χ0) is 14.1. The third kappa shape index (κ3) is 2.43. The minimum Gasteiger partial charge on any atom is -0.384 e. The van der Waals surface area contributed by atoms with E-state index in [1.165, 1.54) is 0 Å². The van der Waals surface area contributed by atoms with Crippen LogP contribution >= 0.6 is 0 Å². The highest BCUT2D eigenvalue weighted by Gasteiger charge is 2.26. The maximum atomic E-state index is 11.3. The molecule has 1 aromatic carbocycles. The van der Waals surface area contributed by atoms with E-state index in [2.05, 4.69) is 22.6 Å². The molecule has 20 heavy (non-hydrogen) atoms. The molecule has 3 rings (SSSR count). The van der Waals surface area contributed by atoms with Crippen LogP contribution in [-0.4, -0.2) is 42.5 Å². The Balaban J connectivity index is 1.87. The van der Waals surface area contributed by atoms with Gasteiger partial charge in [-0.15, -0.1) is 0 Å². The quantitative estimate of drug-likeness (QED) is 0.653. The van der Waals surface area contributed by atoms with Gasteiger partial charge in [0.05, 0.1) is 4.92 Å². The van der Waals surface area contributed by atoms with E-state index in [1.54, 1.807) is 6.07 Å². The number of benzene rings is 1. The number of nitro groups is 1. The number of nitrogens with zero attached hydrogens (tertiary/aromatic N) is 2. The van der Waals surface area contributed by atoms with Gasteiger partial charge in [-0.3, -0.25) is 10.1 Å². The third-order valence-corrected chi connectivity index (χ3v) is 4.25. The first-order valence-electron chi connectivity index (χ1n) is 7.14. The molecule has 0 saturated carbocycles. The minimum atomic E-state index is -0.282. The van der Waals surface area contributed by atoms with Crippen LogP contribution < -0.4 is 10.6 Å². The Bertz CT molecular complexity index is 524. The highest BCUT2D eigenvalue weighted by Crippen LogP contribution is 2.37. The molecule has 2 N–H and O–H groups in total. The molecule has 0 aliphatic carbocycles. The summed E-state index contributed by atoms with van der Waals surface area (Å²) >= 11 is 0. The summed E-state index contributed by atoms with van der Waals surface area (Å²) in [4.78, 5) is 13.3. The number of rotatable bonds is 3. The van der Waals surface area contributed by atoms with Crippen molar-refractivity contribution in [3.05, 3.63) is 27.8 Å². The predicted molar refractivity (Wildman–Crippen MR) is 79.4 cm³/mol. The fraction of sp³-hybridized carbons (Fsp3) is 0.571. The van der Waals surface area contributed by atoms with Crippen molar-refractivity contribution in [1.29, 1.82) is 0 Å². The molecule has 0 unspecified atom stereocenters. The maximum Gasteiger partial charge on any atom is 0.292 e. The molecule has 0 spiro atoms. The summed E-state index contributed by atoms with van der Waals surface area (Å²) in [5, 5.41) is 18.0. The number of piperidine rings is 1. The normalized spacial score (nSPS) is 19.4. The van der Waals surface area contributed by atoms with Gasteiger partial charge in [-0.05, 0) is 45.5 Å². The third-order valence-electron chi connectivity index (χ3n) is 4.25. The monoisotopic (exact) mass is 276 g/mol. The van der Waals surface area contributed by atoms with Crippen molar-refractivity contribution in [3.63, 3.8) is 0 Å². The lowest BCUT2D eigenvalue weighted by Crippen LogP contribution is -2.37. The van der Waals surface area contributed by atoms with Crippen molar-refractivity contribution in [2.24, 2.45) is 0 Å². The second-order valence-electron chi connectivity index (χ2n) is 5.64. The smallest absolute Gasteiger partial charge is 0.292 e. The van der Waals surface area contributed by atoms with Crippen molar-refractivity contribution in [2.45, 2.75) is 25.3 Å². The number of nitro benzene ring substituents is 1. The van der Waals surface area contributed by atoms with Gasteiger partial charge < -0.3 is 15.5 Å². The highest BCUT2D eigenvalue weighted by molar-refractivity contribution is 5.77. The zero-order valence-corrected chi connectivity index (χ0v) is 11.7. The molecule has 2 heterocycles. The lowest BCUT2D eigenvalue weighted by molar-refractivity contribution is -0.384. The molecule has 1 aromatic rings. The van der Waals surface area contributed by atoms with Crippen LogP contribution in [0.15, 0.2) is 12.1 Å². The van der Waals surface area contributed by atoms with E-state index in [0.717, 1.165) is 55.8 Å². The molecule has 1 fully saturated rings. The molecule has 0 amide bonds. The molecule has 0 radical (unpaired) electrons. The van der Waals surface area contributed by atoms with E-state index in [0.29, 0.717) is 6.04 Å². The van der Waals surface area contributed by atoms with Gasteiger partial charge >= 0.3 is 0 Å². The average Bonchev–Trinajstić information content (AvgIpc) is 2.90. The summed E-state index contributed by atoms with van der Waals surface area (Å²) in [6, 6.07) is 3.76. The van der Waals surface area contributed by atoms with Crippen molar-refractivity contribution in [3.8, 4) is 0 Å². The van der Waals surface area contributed by atoms with Crippen LogP contribution in [0.25, 0.3) is 0 Å². The van der Waals surface area contributed by atoms with Crippen LogP contribution in [-0.2, 0) is 6.42 Å². The molecule has 0 bridgehead atoms. The first-order valence-corrected chi connectivity index (χ1v) is 7.14. The van der Waals surface area contributed by atoms with Gasteiger partial charge in [-0.1, -0.05) is 0 Å². The van der Waals surface area contributed by atoms with Crippen molar-refractivity contribution >= 4 is 17.1 Å². The topological polar surface area (TPSA) is 70.4 Å². The van der Waals surface area contributed by atoms with Crippen LogP contribution in [0.2, 0.25) is 0 Å². The predicted octanol–water partition coefficient (Wildman–Crippen LogP) is 2.07. The summed E-state index contributed by atoms with van der Waals surface area (Å²) < 4.78 is 0. The highest BCUT2D eigenvalue weighted by atomic mass is 16.6. The first kappa shape index (κ1) is 13.2. The number of nitrogens with one attached hydrogen (secondary N) is 2. The Kier molecular flexibility index (Phi) is 3.48. The van der Waals surface area contributed by atoms with Crippen molar-refractivity contribution in [2.75, 3.05) is 37.3 Å². The second kappa shape index (κ2) is 5.28. The fourth-order valence-corrected chi connectivity index (χ4v) is 3.05. The molecule has 0 atom stereocenters. The maximum absolute atomic E-state index is 11.3. The van der Waals surface area contributed by atoms with Gasteiger partial charge in [-0.25, -0.2) is 0 Å². The van der Waals surface area contributed by atoms with Crippen LogP contribution in [0.1, 0.15) is 18.4 Å². The Hall–Kier alpha value is -1.82.